The third-order valence-electron chi connectivity index (χ3n) is 3.81. The summed E-state index contributed by atoms with van der Waals surface area (Å²) in [5.74, 6) is 0.657. The molecular formula is C16H9N5O. The minimum absolute atomic E-state index is 0.385. The standard InChI is InChI=1S/C16H9N5O/c1-2-4-11-9(3-1)5-6-12(18-11)15-16-14(20-21-15)10-7-17-19-13(10)8-22-16/h1-7H,8H2. The van der Waals surface area contributed by atoms with E-state index in [0.717, 1.165) is 27.9 Å². The monoisotopic (exact) mass is 287 g/mol. The summed E-state index contributed by atoms with van der Waals surface area (Å²) < 4.78 is 5.78. The van der Waals surface area contributed by atoms with Gasteiger partial charge in [-0.05, 0) is 12.1 Å². The highest BCUT2D eigenvalue weighted by Gasteiger charge is 2.32. The van der Waals surface area contributed by atoms with Crippen LogP contribution in [0.15, 0.2) is 73.9 Å². The minimum Gasteiger partial charge on any atom is -0.482 e. The van der Waals surface area contributed by atoms with Crippen LogP contribution >= 0.6 is 0 Å². The first-order chi connectivity index (χ1) is 10.9. The van der Waals surface area contributed by atoms with Crippen molar-refractivity contribution in [2.24, 2.45) is 20.4 Å². The summed E-state index contributed by atoms with van der Waals surface area (Å²) >= 11 is 0. The van der Waals surface area contributed by atoms with Crippen molar-refractivity contribution in [1.82, 2.24) is 4.98 Å². The van der Waals surface area contributed by atoms with Gasteiger partial charge in [0.1, 0.15) is 18.0 Å². The van der Waals surface area contributed by atoms with E-state index in [1.807, 2.05) is 36.4 Å². The van der Waals surface area contributed by atoms with Crippen LogP contribution in [0, 0.1) is 0 Å². The van der Waals surface area contributed by atoms with Crippen LogP contribution in [0.5, 0.6) is 0 Å². The van der Waals surface area contributed by atoms with Crippen molar-refractivity contribution < 1.29 is 4.74 Å². The fourth-order valence-corrected chi connectivity index (χ4v) is 2.71. The van der Waals surface area contributed by atoms with Gasteiger partial charge in [0.15, 0.2) is 11.5 Å². The molecule has 0 radical (unpaired) electrons. The maximum Gasteiger partial charge on any atom is 0.177 e. The first-order valence-electron chi connectivity index (χ1n) is 6.90. The lowest BCUT2D eigenvalue weighted by molar-refractivity contribution is 0.266. The zero-order chi connectivity index (χ0) is 14.5. The van der Waals surface area contributed by atoms with E-state index in [-0.39, 0.29) is 0 Å². The van der Waals surface area contributed by atoms with Gasteiger partial charge in [0.2, 0.25) is 0 Å². The molecule has 0 atom stereocenters. The third kappa shape index (κ3) is 1.52. The maximum atomic E-state index is 5.78. The van der Waals surface area contributed by atoms with Gasteiger partial charge in [-0.15, -0.1) is 10.2 Å². The Morgan fingerprint density at radius 2 is 1.86 bits per heavy atom. The quantitative estimate of drug-likeness (QED) is 0.808. The van der Waals surface area contributed by atoms with Crippen molar-refractivity contribution in [3.63, 3.8) is 0 Å². The maximum absolute atomic E-state index is 5.78. The second-order valence-electron chi connectivity index (χ2n) is 5.11. The second kappa shape index (κ2) is 4.17. The molecule has 0 saturated heterocycles. The summed E-state index contributed by atoms with van der Waals surface area (Å²) in [6, 6.07) is 11.9. The molecule has 0 N–H and O–H groups in total. The summed E-state index contributed by atoms with van der Waals surface area (Å²) in [4.78, 5) is 4.66. The van der Waals surface area contributed by atoms with E-state index in [1.165, 1.54) is 0 Å². The number of ether oxygens (including phenoxy) is 1. The molecule has 1 aromatic carbocycles. The number of pyridine rings is 1. The molecule has 5 rings (SSSR count). The van der Waals surface area contributed by atoms with Gasteiger partial charge in [-0.3, -0.25) is 0 Å². The highest BCUT2D eigenvalue weighted by atomic mass is 16.5. The Morgan fingerprint density at radius 3 is 2.86 bits per heavy atom. The molecule has 3 aliphatic heterocycles. The third-order valence-corrected chi connectivity index (χ3v) is 3.81. The lowest BCUT2D eigenvalue weighted by atomic mass is 10.1. The fraction of sp³-hybridized carbons (Fsp3) is 0.0625. The number of nitrogens with zero attached hydrogens (tertiary/aromatic N) is 5. The van der Waals surface area contributed by atoms with E-state index >= 15 is 0 Å². The molecule has 0 unspecified atom stereocenters. The van der Waals surface area contributed by atoms with Gasteiger partial charge < -0.3 is 4.74 Å². The van der Waals surface area contributed by atoms with Crippen molar-refractivity contribution in [2.75, 3.05) is 6.61 Å². The number of fused-ring (bicyclic) bond motifs is 3. The molecule has 22 heavy (non-hydrogen) atoms. The molecule has 104 valence electrons. The van der Waals surface area contributed by atoms with Crippen molar-refractivity contribution in [3.8, 4) is 0 Å². The zero-order valence-electron chi connectivity index (χ0n) is 11.4. The summed E-state index contributed by atoms with van der Waals surface area (Å²) in [6.07, 6.45) is 1.70. The first-order valence-corrected chi connectivity index (χ1v) is 6.90. The lowest BCUT2D eigenvalue weighted by Crippen LogP contribution is -2.18. The minimum atomic E-state index is 0.385. The van der Waals surface area contributed by atoms with E-state index in [0.29, 0.717) is 23.8 Å². The van der Waals surface area contributed by atoms with Crippen LogP contribution in [0.1, 0.15) is 5.69 Å². The number of azo groups is 1. The Bertz CT molecular complexity index is 981. The van der Waals surface area contributed by atoms with Gasteiger partial charge in [0.05, 0.1) is 23.0 Å². The molecule has 3 aliphatic rings. The number of hydrogen-bond donors (Lipinski definition) is 0. The molecule has 0 bridgehead atoms. The van der Waals surface area contributed by atoms with E-state index in [9.17, 15) is 0 Å². The Kier molecular flexibility index (Phi) is 2.18. The largest absolute Gasteiger partial charge is 0.482 e. The Morgan fingerprint density at radius 1 is 0.955 bits per heavy atom. The van der Waals surface area contributed by atoms with Gasteiger partial charge in [-0.2, -0.15) is 10.2 Å². The number of hydrogen-bond acceptors (Lipinski definition) is 6. The molecule has 0 saturated carbocycles. The van der Waals surface area contributed by atoms with Crippen molar-refractivity contribution in [1.29, 1.82) is 0 Å². The molecular weight excluding hydrogens is 278 g/mol. The van der Waals surface area contributed by atoms with Gasteiger partial charge in [0, 0.05) is 5.39 Å². The van der Waals surface area contributed by atoms with Gasteiger partial charge in [-0.1, -0.05) is 24.3 Å². The van der Waals surface area contributed by atoms with E-state index in [2.05, 4.69) is 25.4 Å². The molecule has 6 nitrogen and oxygen atoms in total. The first kappa shape index (κ1) is 11.5. The highest BCUT2D eigenvalue weighted by molar-refractivity contribution is 6.21. The van der Waals surface area contributed by atoms with E-state index in [1.54, 1.807) is 6.21 Å². The Hall–Kier alpha value is -3.15. The van der Waals surface area contributed by atoms with Crippen LogP contribution < -0.4 is 0 Å². The topological polar surface area (TPSA) is 71.6 Å². The van der Waals surface area contributed by atoms with Crippen molar-refractivity contribution in [2.45, 2.75) is 0 Å². The van der Waals surface area contributed by atoms with Crippen LogP contribution in [0.3, 0.4) is 0 Å². The number of para-hydroxylation sites is 1. The van der Waals surface area contributed by atoms with Crippen LogP contribution in [-0.2, 0) is 4.74 Å². The number of aromatic nitrogens is 1. The van der Waals surface area contributed by atoms with Crippen LogP contribution in [0.25, 0.3) is 16.6 Å². The summed E-state index contributed by atoms with van der Waals surface area (Å²) in [5, 5.41) is 17.5. The summed E-state index contributed by atoms with van der Waals surface area (Å²) in [7, 11) is 0. The van der Waals surface area contributed by atoms with E-state index < -0.39 is 0 Å². The lowest BCUT2D eigenvalue weighted by Gasteiger charge is -2.15. The van der Waals surface area contributed by atoms with Gasteiger partial charge >= 0.3 is 0 Å². The molecule has 0 spiro atoms. The Balaban J connectivity index is 1.70. The van der Waals surface area contributed by atoms with Crippen molar-refractivity contribution >= 4 is 28.5 Å². The molecule has 0 amide bonds. The molecule has 6 heteroatoms. The molecule has 4 heterocycles. The fourth-order valence-electron chi connectivity index (χ4n) is 2.71. The van der Waals surface area contributed by atoms with Crippen molar-refractivity contribution in [3.05, 3.63) is 59.1 Å². The van der Waals surface area contributed by atoms with Gasteiger partial charge in [0.25, 0.3) is 0 Å². The highest BCUT2D eigenvalue weighted by Crippen LogP contribution is 2.37. The summed E-state index contributed by atoms with van der Waals surface area (Å²) in [5.41, 5.74) is 4.71. The Labute approximate surface area is 125 Å². The zero-order valence-corrected chi connectivity index (χ0v) is 11.4. The SMILES string of the molecule is C1=NN=C2COC3=C(c4ccc5ccccc5n4)N=NC3=C12. The predicted molar refractivity (Wildman–Crippen MR) is 82.4 cm³/mol. The smallest absolute Gasteiger partial charge is 0.177 e. The van der Waals surface area contributed by atoms with E-state index in [4.69, 9.17) is 4.74 Å². The molecule has 0 aliphatic carbocycles. The molecule has 0 fully saturated rings. The van der Waals surface area contributed by atoms with Crippen LogP contribution in [-0.4, -0.2) is 23.5 Å². The number of rotatable bonds is 1. The van der Waals surface area contributed by atoms with Crippen LogP contribution in [0.4, 0.5) is 0 Å². The average molecular weight is 287 g/mol. The average Bonchev–Trinajstić information content (AvgIpc) is 3.20. The normalized spacial score (nSPS) is 18.6. The second-order valence-corrected chi connectivity index (χ2v) is 5.11. The van der Waals surface area contributed by atoms with Crippen LogP contribution in [0.2, 0.25) is 0 Å². The van der Waals surface area contributed by atoms with Gasteiger partial charge in [-0.25, -0.2) is 4.98 Å². The molecule has 1 aromatic heterocycles. The summed E-state index contributed by atoms with van der Waals surface area (Å²) in [6.45, 7) is 0.385. The molecule has 2 aromatic rings. The predicted octanol–water partition coefficient (Wildman–Crippen LogP) is 3.09. The number of benzene rings is 1.